The maximum Gasteiger partial charge on any atom is 0.146 e. The molecule has 1 atom stereocenters. The molecule has 5 heteroatoms. The molecule has 1 aromatic heterocycles. The number of likely N-dealkylation sites (N-methyl/N-ethyl adjacent to an activating group) is 1. The van der Waals surface area contributed by atoms with Crippen molar-refractivity contribution in [1.29, 1.82) is 0 Å². The van der Waals surface area contributed by atoms with E-state index in [1.165, 1.54) is 44.5 Å². The molecule has 2 heterocycles. The predicted octanol–water partition coefficient (Wildman–Crippen LogP) is 2.26. The second kappa shape index (κ2) is 7.90. The van der Waals surface area contributed by atoms with Gasteiger partial charge in [-0.05, 0) is 51.9 Å². The lowest BCUT2D eigenvalue weighted by Crippen LogP contribution is -2.35. The first-order valence-corrected chi connectivity index (χ1v) is 8.95. The standard InChI is InChI=1S/C19H29N5/c1-16-20-21-19(23(16)3)15-22(2)18-11-13-24(14-18)12-7-10-17-8-5-4-6-9-17/h4-6,8-9,18H,7,10-15H2,1-3H3/t18-/m0/s1. The number of aryl methyl sites for hydroxylation is 2. The minimum Gasteiger partial charge on any atom is -0.317 e. The third-order valence-corrected chi connectivity index (χ3v) is 5.23. The summed E-state index contributed by atoms with van der Waals surface area (Å²) in [7, 11) is 4.26. The van der Waals surface area contributed by atoms with Gasteiger partial charge in [0.05, 0.1) is 6.54 Å². The maximum absolute atomic E-state index is 4.29. The first-order valence-electron chi connectivity index (χ1n) is 8.95. The molecule has 130 valence electrons. The van der Waals surface area contributed by atoms with Gasteiger partial charge in [-0.15, -0.1) is 10.2 Å². The molecule has 1 saturated heterocycles. The molecule has 2 aromatic rings. The predicted molar refractivity (Wildman–Crippen MR) is 96.8 cm³/mol. The van der Waals surface area contributed by atoms with Gasteiger partial charge in [-0.25, -0.2) is 0 Å². The van der Waals surface area contributed by atoms with Crippen molar-refractivity contribution >= 4 is 0 Å². The molecule has 0 amide bonds. The van der Waals surface area contributed by atoms with Crippen molar-refractivity contribution in [3.05, 3.63) is 47.5 Å². The highest BCUT2D eigenvalue weighted by atomic mass is 15.3. The smallest absolute Gasteiger partial charge is 0.146 e. The fraction of sp³-hybridized carbons (Fsp3) is 0.579. The van der Waals surface area contributed by atoms with Crippen LogP contribution in [0.1, 0.15) is 30.1 Å². The molecule has 0 radical (unpaired) electrons. The zero-order valence-electron chi connectivity index (χ0n) is 15.1. The molecule has 1 fully saturated rings. The van der Waals surface area contributed by atoms with Gasteiger partial charge in [0.2, 0.25) is 0 Å². The van der Waals surface area contributed by atoms with Crippen molar-refractivity contribution in [1.82, 2.24) is 24.6 Å². The molecule has 0 unspecified atom stereocenters. The molecular weight excluding hydrogens is 298 g/mol. The minimum absolute atomic E-state index is 0.624. The average Bonchev–Trinajstić information content (AvgIpc) is 3.18. The van der Waals surface area contributed by atoms with Crippen LogP contribution >= 0.6 is 0 Å². The first kappa shape index (κ1) is 17.1. The number of hydrogen-bond donors (Lipinski definition) is 0. The summed E-state index contributed by atoms with van der Waals surface area (Å²) >= 11 is 0. The third kappa shape index (κ3) is 4.22. The lowest BCUT2D eigenvalue weighted by molar-refractivity contribution is 0.218. The Bertz CT molecular complexity index is 636. The summed E-state index contributed by atoms with van der Waals surface area (Å²) in [6, 6.07) is 11.4. The van der Waals surface area contributed by atoms with Crippen molar-refractivity contribution in [2.45, 2.75) is 38.8 Å². The summed E-state index contributed by atoms with van der Waals surface area (Å²) < 4.78 is 2.09. The highest BCUT2D eigenvalue weighted by Crippen LogP contribution is 2.17. The average molecular weight is 327 g/mol. The molecule has 0 N–H and O–H groups in total. The van der Waals surface area contributed by atoms with Gasteiger partial charge in [0.25, 0.3) is 0 Å². The zero-order chi connectivity index (χ0) is 16.9. The normalized spacial score (nSPS) is 18.6. The van der Waals surface area contributed by atoms with Gasteiger partial charge in [-0.1, -0.05) is 30.3 Å². The number of hydrogen-bond acceptors (Lipinski definition) is 4. The highest BCUT2D eigenvalue weighted by molar-refractivity contribution is 5.14. The topological polar surface area (TPSA) is 37.2 Å². The quantitative estimate of drug-likeness (QED) is 0.782. The molecule has 3 rings (SSSR count). The second-order valence-electron chi connectivity index (χ2n) is 6.97. The highest BCUT2D eigenvalue weighted by Gasteiger charge is 2.26. The van der Waals surface area contributed by atoms with E-state index in [4.69, 9.17) is 0 Å². The molecule has 1 aliphatic rings. The monoisotopic (exact) mass is 327 g/mol. The Kier molecular flexibility index (Phi) is 5.63. The summed E-state index contributed by atoms with van der Waals surface area (Å²) in [6.45, 7) is 6.45. The van der Waals surface area contributed by atoms with E-state index in [2.05, 4.69) is 61.9 Å². The van der Waals surface area contributed by atoms with E-state index < -0.39 is 0 Å². The van der Waals surface area contributed by atoms with Crippen molar-refractivity contribution < 1.29 is 0 Å². The van der Waals surface area contributed by atoms with E-state index in [0.29, 0.717) is 6.04 Å². The van der Waals surface area contributed by atoms with Crippen molar-refractivity contribution in [3.8, 4) is 0 Å². The van der Waals surface area contributed by atoms with Gasteiger partial charge in [0.1, 0.15) is 11.6 Å². The Balaban J connectivity index is 1.42. The first-order chi connectivity index (χ1) is 11.6. The Labute approximate surface area is 145 Å². The van der Waals surface area contributed by atoms with Crippen LogP contribution in [0.4, 0.5) is 0 Å². The van der Waals surface area contributed by atoms with Crippen LogP contribution in [0.5, 0.6) is 0 Å². The SMILES string of the molecule is Cc1nnc(CN(C)[C@H]2CCN(CCCc3ccccc3)C2)n1C. The lowest BCUT2D eigenvalue weighted by Gasteiger charge is -2.24. The van der Waals surface area contributed by atoms with Crippen LogP contribution in [0.2, 0.25) is 0 Å². The van der Waals surface area contributed by atoms with Crippen LogP contribution in [-0.4, -0.2) is 57.3 Å². The van der Waals surface area contributed by atoms with Crippen LogP contribution in [0.3, 0.4) is 0 Å². The zero-order valence-corrected chi connectivity index (χ0v) is 15.1. The molecule has 0 saturated carbocycles. The number of aromatic nitrogens is 3. The van der Waals surface area contributed by atoms with E-state index in [-0.39, 0.29) is 0 Å². The summed E-state index contributed by atoms with van der Waals surface area (Å²) in [6.07, 6.45) is 3.66. The lowest BCUT2D eigenvalue weighted by atomic mass is 10.1. The third-order valence-electron chi connectivity index (χ3n) is 5.23. The van der Waals surface area contributed by atoms with E-state index in [1.807, 2.05) is 14.0 Å². The van der Waals surface area contributed by atoms with Crippen molar-refractivity contribution in [2.75, 3.05) is 26.7 Å². The van der Waals surface area contributed by atoms with Crippen molar-refractivity contribution in [2.24, 2.45) is 7.05 Å². The van der Waals surface area contributed by atoms with E-state index in [9.17, 15) is 0 Å². The summed E-state index contributed by atoms with van der Waals surface area (Å²) in [5.41, 5.74) is 1.45. The largest absolute Gasteiger partial charge is 0.317 e. The number of rotatable bonds is 7. The second-order valence-corrected chi connectivity index (χ2v) is 6.97. The van der Waals surface area contributed by atoms with Crippen LogP contribution in [0.15, 0.2) is 30.3 Å². The number of nitrogens with zero attached hydrogens (tertiary/aromatic N) is 5. The Morgan fingerprint density at radius 2 is 2.00 bits per heavy atom. The van der Waals surface area contributed by atoms with Crippen LogP contribution < -0.4 is 0 Å². The fourth-order valence-electron chi connectivity index (χ4n) is 3.47. The van der Waals surface area contributed by atoms with Gasteiger partial charge in [0, 0.05) is 19.6 Å². The van der Waals surface area contributed by atoms with Crippen LogP contribution in [-0.2, 0) is 20.0 Å². The van der Waals surface area contributed by atoms with E-state index in [1.54, 1.807) is 0 Å². The summed E-state index contributed by atoms with van der Waals surface area (Å²) in [5, 5.41) is 8.44. The minimum atomic E-state index is 0.624. The summed E-state index contributed by atoms with van der Waals surface area (Å²) in [5.74, 6) is 2.03. The molecular formula is C19H29N5. The van der Waals surface area contributed by atoms with Gasteiger partial charge in [0.15, 0.2) is 0 Å². The molecule has 0 bridgehead atoms. The van der Waals surface area contributed by atoms with Gasteiger partial charge < -0.3 is 9.47 Å². The molecule has 1 aliphatic heterocycles. The Morgan fingerprint density at radius 3 is 2.71 bits per heavy atom. The van der Waals surface area contributed by atoms with Crippen LogP contribution in [0.25, 0.3) is 0 Å². The fourth-order valence-corrected chi connectivity index (χ4v) is 3.47. The summed E-state index contributed by atoms with van der Waals surface area (Å²) in [4.78, 5) is 5.03. The van der Waals surface area contributed by atoms with Gasteiger partial charge in [-0.3, -0.25) is 4.90 Å². The van der Waals surface area contributed by atoms with Gasteiger partial charge in [-0.2, -0.15) is 0 Å². The maximum atomic E-state index is 4.29. The molecule has 5 nitrogen and oxygen atoms in total. The molecule has 0 spiro atoms. The van der Waals surface area contributed by atoms with Crippen LogP contribution in [0, 0.1) is 6.92 Å². The molecule has 1 aromatic carbocycles. The van der Waals surface area contributed by atoms with Gasteiger partial charge >= 0.3 is 0 Å². The molecule has 24 heavy (non-hydrogen) atoms. The Morgan fingerprint density at radius 1 is 1.21 bits per heavy atom. The molecule has 0 aliphatic carbocycles. The van der Waals surface area contributed by atoms with Crippen molar-refractivity contribution in [3.63, 3.8) is 0 Å². The number of benzene rings is 1. The van der Waals surface area contributed by atoms with E-state index in [0.717, 1.165) is 18.2 Å². The number of likely N-dealkylation sites (tertiary alicyclic amines) is 1. The van der Waals surface area contributed by atoms with E-state index >= 15 is 0 Å². The Hall–Kier alpha value is -1.72.